The number of rotatable bonds is 4. The van der Waals surface area contributed by atoms with E-state index in [1.807, 2.05) is 36.1 Å². The Morgan fingerprint density at radius 2 is 1.86 bits per heavy atom. The van der Waals surface area contributed by atoms with Gasteiger partial charge in [0.2, 0.25) is 17.6 Å². The number of hydrogen-bond donors (Lipinski definition) is 0. The summed E-state index contributed by atoms with van der Waals surface area (Å²) in [4.78, 5) is 21.4. The summed E-state index contributed by atoms with van der Waals surface area (Å²) < 4.78 is 50.2. The highest BCUT2D eigenvalue weighted by Crippen LogP contribution is 2.32. The van der Waals surface area contributed by atoms with E-state index in [0.717, 1.165) is 23.4 Å². The minimum atomic E-state index is -4.44. The number of ether oxygens (including phenoxy) is 1. The first-order valence-corrected chi connectivity index (χ1v) is 11.5. The summed E-state index contributed by atoms with van der Waals surface area (Å²) in [6.07, 6.45) is -3.77. The van der Waals surface area contributed by atoms with E-state index >= 15 is 0 Å². The van der Waals surface area contributed by atoms with E-state index in [0.29, 0.717) is 45.1 Å². The normalized spacial score (nSPS) is 19.7. The maximum absolute atomic E-state index is 13.1. The lowest BCUT2D eigenvalue weighted by molar-refractivity contribution is -0.139. The molecule has 2 aliphatic heterocycles. The summed E-state index contributed by atoms with van der Waals surface area (Å²) in [5.74, 6) is 1.19. The smallest absolute Gasteiger partial charge is 0.416 e. The molecule has 0 saturated carbocycles. The van der Waals surface area contributed by atoms with Gasteiger partial charge < -0.3 is 14.2 Å². The van der Waals surface area contributed by atoms with Crippen molar-refractivity contribution in [2.75, 3.05) is 32.8 Å². The first kappa shape index (κ1) is 23.3. The van der Waals surface area contributed by atoms with E-state index in [4.69, 9.17) is 9.26 Å². The van der Waals surface area contributed by atoms with Gasteiger partial charge in [-0.2, -0.15) is 18.2 Å². The van der Waals surface area contributed by atoms with Crippen LogP contribution in [0.1, 0.15) is 30.0 Å². The zero-order valence-electron chi connectivity index (χ0n) is 19.2. The molecule has 1 amide bonds. The van der Waals surface area contributed by atoms with Crippen LogP contribution in [0.4, 0.5) is 13.2 Å². The van der Waals surface area contributed by atoms with Crippen molar-refractivity contribution in [2.45, 2.75) is 25.6 Å². The van der Waals surface area contributed by atoms with E-state index in [2.05, 4.69) is 15.0 Å². The Kier molecular flexibility index (Phi) is 6.22. The minimum absolute atomic E-state index is 0.0939. The molecule has 1 aromatic heterocycles. The predicted octanol–water partition coefficient (Wildman–Crippen LogP) is 4.21. The van der Waals surface area contributed by atoms with Crippen molar-refractivity contribution in [3.8, 4) is 17.1 Å². The fraction of sp³-hybridized carbons (Fsp3) is 0.400. The number of amides is 1. The Hall–Kier alpha value is -3.40. The summed E-state index contributed by atoms with van der Waals surface area (Å²) in [5, 5.41) is 3.89. The van der Waals surface area contributed by atoms with Gasteiger partial charge in [0.1, 0.15) is 12.4 Å². The minimum Gasteiger partial charge on any atom is -0.492 e. The highest BCUT2D eigenvalue weighted by Gasteiger charge is 2.34. The number of aromatic nitrogens is 2. The monoisotopic (exact) mass is 486 g/mol. The number of nitrogens with zero attached hydrogens (tertiary/aromatic N) is 4. The van der Waals surface area contributed by atoms with Gasteiger partial charge in [0, 0.05) is 31.7 Å². The number of piperazine rings is 1. The van der Waals surface area contributed by atoms with Crippen molar-refractivity contribution in [2.24, 2.45) is 5.92 Å². The quantitative estimate of drug-likeness (QED) is 0.550. The van der Waals surface area contributed by atoms with Crippen LogP contribution in [0.2, 0.25) is 0 Å². The third-order valence-electron chi connectivity index (χ3n) is 6.65. The van der Waals surface area contributed by atoms with E-state index in [-0.39, 0.29) is 29.3 Å². The lowest BCUT2D eigenvalue weighted by Gasteiger charge is -2.38. The second-order valence-electron chi connectivity index (χ2n) is 8.89. The first-order valence-electron chi connectivity index (χ1n) is 11.5. The van der Waals surface area contributed by atoms with Crippen molar-refractivity contribution in [3.05, 3.63) is 65.5 Å². The van der Waals surface area contributed by atoms with Crippen LogP contribution in [0.3, 0.4) is 0 Å². The van der Waals surface area contributed by atoms with Crippen molar-refractivity contribution >= 4 is 5.91 Å². The van der Waals surface area contributed by atoms with Crippen molar-refractivity contribution in [3.63, 3.8) is 0 Å². The zero-order valence-corrected chi connectivity index (χ0v) is 19.2. The number of carbonyl (C=O) groups is 1. The number of benzene rings is 2. The average molecular weight is 486 g/mol. The molecule has 0 spiro atoms. The van der Waals surface area contributed by atoms with E-state index in [1.165, 1.54) is 12.1 Å². The molecule has 0 N–H and O–H groups in total. The van der Waals surface area contributed by atoms with Gasteiger partial charge in [-0.3, -0.25) is 9.69 Å². The van der Waals surface area contributed by atoms with Crippen LogP contribution in [0.25, 0.3) is 11.4 Å². The number of alkyl halides is 3. The highest BCUT2D eigenvalue weighted by atomic mass is 19.4. The molecule has 7 nitrogen and oxygen atoms in total. The van der Waals surface area contributed by atoms with E-state index in [1.54, 1.807) is 0 Å². The molecule has 2 unspecified atom stereocenters. The number of halogens is 3. The van der Waals surface area contributed by atoms with Gasteiger partial charge in [0.25, 0.3) is 0 Å². The molecule has 10 heteroatoms. The molecule has 2 aliphatic rings. The molecule has 2 aromatic carbocycles. The topological polar surface area (TPSA) is 71.7 Å². The van der Waals surface area contributed by atoms with E-state index < -0.39 is 11.7 Å². The maximum Gasteiger partial charge on any atom is 0.416 e. The zero-order chi connectivity index (χ0) is 24.6. The van der Waals surface area contributed by atoms with Crippen LogP contribution in [0, 0.1) is 5.92 Å². The fourth-order valence-corrected chi connectivity index (χ4v) is 4.59. The summed E-state index contributed by atoms with van der Waals surface area (Å²) in [7, 11) is 0. The SMILES string of the molecule is CC(c1nc(-c2cccc(C(F)(F)F)c2)no1)N1CCN(C(=O)C2COc3ccccc3C2)CC1. The summed E-state index contributed by atoms with van der Waals surface area (Å²) in [6, 6.07) is 12.4. The summed E-state index contributed by atoms with van der Waals surface area (Å²) in [5.41, 5.74) is 0.535. The van der Waals surface area contributed by atoms with Gasteiger partial charge in [0.15, 0.2) is 0 Å². The average Bonchev–Trinajstić information content (AvgIpc) is 3.38. The van der Waals surface area contributed by atoms with Crippen LogP contribution < -0.4 is 4.74 Å². The van der Waals surface area contributed by atoms with Gasteiger partial charge in [-0.05, 0) is 37.1 Å². The Bertz CT molecular complexity index is 1200. The molecule has 0 aliphatic carbocycles. The molecule has 3 aromatic rings. The standard InChI is InChI=1S/C25H25F3N4O3/c1-16(23-29-22(30-35-23)18-6-4-7-20(14-18)25(26,27)28)31-9-11-32(12-10-31)24(33)19-13-17-5-2-3-8-21(17)34-15-19/h2-8,14,16,19H,9-13,15H2,1H3. The maximum atomic E-state index is 13.1. The molecule has 2 atom stereocenters. The lowest BCUT2D eigenvalue weighted by atomic mass is 9.95. The Labute approximate surface area is 200 Å². The van der Waals surface area contributed by atoms with E-state index in [9.17, 15) is 18.0 Å². The summed E-state index contributed by atoms with van der Waals surface area (Å²) in [6.45, 7) is 4.67. The van der Waals surface area contributed by atoms with Crippen LogP contribution in [-0.2, 0) is 17.4 Å². The van der Waals surface area contributed by atoms with Gasteiger partial charge >= 0.3 is 6.18 Å². The molecule has 35 heavy (non-hydrogen) atoms. The third kappa shape index (κ3) is 4.88. The fourth-order valence-electron chi connectivity index (χ4n) is 4.59. The van der Waals surface area contributed by atoms with Gasteiger partial charge in [-0.1, -0.05) is 35.5 Å². The Morgan fingerprint density at radius 3 is 2.63 bits per heavy atom. The number of hydrogen-bond acceptors (Lipinski definition) is 6. The Morgan fingerprint density at radius 1 is 1.09 bits per heavy atom. The number of para-hydroxylation sites is 1. The van der Waals surface area contributed by atoms with Crippen molar-refractivity contribution in [1.82, 2.24) is 19.9 Å². The second kappa shape index (κ2) is 9.33. The molecular formula is C25H25F3N4O3. The number of carbonyl (C=O) groups excluding carboxylic acids is 1. The van der Waals surface area contributed by atoms with Crippen LogP contribution in [0.5, 0.6) is 5.75 Å². The second-order valence-corrected chi connectivity index (χ2v) is 8.89. The molecule has 0 bridgehead atoms. The molecule has 3 heterocycles. The lowest BCUT2D eigenvalue weighted by Crippen LogP contribution is -2.52. The highest BCUT2D eigenvalue weighted by molar-refractivity contribution is 5.80. The summed E-state index contributed by atoms with van der Waals surface area (Å²) >= 11 is 0. The Balaban J connectivity index is 1.19. The van der Waals surface area contributed by atoms with Crippen LogP contribution >= 0.6 is 0 Å². The molecule has 5 rings (SSSR count). The largest absolute Gasteiger partial charge is 0.492 e. The van der Waals surface area contributed by atoms with Crippen molar-refractivity contribution in [1.29, 1.82) is 0 Å². The van der Waals surface area contributed by atoms with Crippen LogP contribution in [0.15, 0.2) is 53.1 Å². The first-order chi connectivity index (χ1) is 16.8. The van der Waals surface area contributed by atoms with Gasteiger partial charge in [-0.25, -0.2) is 0 Å². The van der Waals surface area contributed by atoms with Gasteiger partial charge in [-0.15, -0.1) is 0 Å². The third-order valence-corrected chi connectivity index (χ3v) is 6.65. The van der Waals surface area contributed by atoms with Gasteiger partial charge in [0.05, 0.1) is 17.5 Å². The van der Waals surface area contributed by atoms with Crippen molar-refractivity contribution < 1.29 is 27.2 Å². The van der Waals surface area contributed by atoms with Crippen LogP contribution in [-0.4, -0.2) is 58.6 Å². The molecule has 1 saturated heterocycles. The molecule has 1 fully saturated rings. The molecule has 0 radical (unpaired) electrons. The molecular weight excluding hydrogens is 461 g/mol. The number of fused-ring (bicyclic) bond motifs is 1. The molecule has 184 valence electrons. The predicted molar refractivity (Wildman–Crippen MR) is 120 cm³/mol.